The fraction of sp³-hybridized carbons (Fsp3) is 0. The van der Waals surface area contributed by atoms with Gasteiger partial charge >= 0.3 is 0 Å². The van der Waals surface area contributed by atoms with E-state index in [1.807, 2.05) is 18.2 Å². The topological polar surface area (TPSA) is 38.0 Å². The van der Waals surface area contributed by atoms with Gasteiger partial charge in [-0.25, -0.2) is 0 Å². The Morgan fingerprint density at radius 1 is 1.10 bits per heavy atom. The van der Waals surface area contributed by atoms with Crippen molar-refractivity contribution in [2.45, 2.75) is 0 Å². The van der Waals surface area contributed by atoms with Gasteiger partial charge < -0.3 is 11.1 Å². The van der Waals surface area contributed by atoms with E-state index in [0.29, 0.717) is 26.3 Å². The number of nitrogens with two attached hydrogens (primary N) is 1. The number of nitrogens with one attached hydrogen (secondary N) is 1. The molecule has 0 saturated carbocycles. The lowest BCUT2D eigenvalue weighted by Gasteiger charge is -2.12. The Morgan fingerprint density at radius 3 is 2.40 bits per heavy atom. The smallest absolute Gasteiger partial charge is 0.105 e. The van der Waals surface area contributed by atoms with Crippen LogP contribution in [0.15, 0.2) is 34.8 Å². The van der Waals surface area contributed by atoms with Crippen LogP contribution in [0, 0.1) is 0 Å². The Hall–Kier alpha value is -0.520. The van der Waals surface area contributed by atoms with Crippen LogP contribution in [0.3, 0.4) is 0 Å². The van der Waals surface area contributed by atoms with Crippen molar-refractivity contribution in [2.75, 3.05) is 5.32 Å². The molecule has 0 radical (unpaired) electrons. The van der Waals surface area contributed by atoms with Gasteiger partial charge in [-0.05, 0) is 46.3 Å². The number of hydrogen-bond donors (Lipinski definition) is 2. The van der Waals surface area contributed by atoms with Crippen LogP contribution in [0.1, 0.15) is 5.56 Å². The Morgan fingerprint density at radius 2 is 1.80 bits per heavy atom. The summed E-state index contributed by atoms with van der Waals surface area (Å²) in [5.41, 5.74) is 7.63. The molecule has 20 heavy (non-hydrogen) atoms. The maximum absolute atomic E-state index is 6.17. The highest BCUT2D eigenvalue weighted by Gasteiger charge is 2.10. The molecule has 3 N–H and O–H groups in total. The Kier molecular flexibility index (Phi) is 5.15. The Labute approximate surface area is 145 Å². The summed E-state index contributed by atoms with van der Waals surface area (Å²) < 4.78 is 0.733. The van der Waals surface area contributed by atoms with E-state index < -0.39 is 0 Å². The quantitative estimate of drug-likeness (QED) is 0.497. The molecule has 0 atom stereocenters. The normalized spacial score (nSPS) is 10.4. The minimum Gasteiger partial charge on any atom is -0.389 e. The van der Waals surface area contributed by atoms with Gasteiger partial charge in [0, 0.05) is 15.7 Å². The molecule has 0 unspecified atom stereocenters. The largest absolute Gasteiger partial charge is 0.389 e. The van der Waals surface area contributed by atoms with Gasteiger partial charge in [-0.1, -0.05) is 47.0 Å². The molecule has 0 aromatic heterocycles. The van der Waals surface area contributed by atoms with E-state index in [2.05, 4.69) is 21.2 Å². The average molecular weight is 411 g/mol. The summed E-state index contributed by atoms with van der Waals surface area (Å²) in [7, 11) is 0. The zero-order valence-corrected chi connectivity index (χ0v) is 14.6. The minimum absolute atomic E-state index is 0.256. The van der Waals surface area contributed by atoms with Crippen LogP contribution in [0.4, 0.5) is 11.4 Å². The van der Waals surface area contributed by atoms with Gasteiger partial charge in [0.05, 0.1) is 20.8 Å². The van der Waals surface area contributed by atoms with Crippen molar-refractivity contribution in [3.63, 3.8) is 0 Å². The molecule has 0 heterocycles. The highest BCUT2D eigenvalue weighted by atomic mass is 79.9. The number of rotatable bonds is 3. The predicted molar refractivity (Wildman–Crippen MR) is 94.8 cm³/mol. The van der Waals surface area contributed by atoms with Crippen LogP contribution in [0.25, 0.3) is 0 Å². The van der Waals surface area contributed by atoms with Crippen molar-refractivity contribution in [3.05, 3.63) is 55.4 Å². The number of halogens is 4. The molecule has 2 aromatic rings. The highest BCUT2D eigenvalue weighted by molar-refractivity contribution is 9.10. The number of anilines is 2. The molecular weight excluding hydrogens is 402 g/mol. The lowest BCUT2D eigenvalue weighted by Crippen LogP contribution is -2.09. The van der Waals surface area contributed by atoms with Gasteiger partial charge in [-0.2, -0.15) is 0 Å². The van der Waals surface area contributed by atoms with Crippen LogP contribution < -0.4 is 11.1 Å². The summed E-state index contributed by atoms with van der Waals surface area (Å²) in [6, 6.07) is 8.91. The second-order valence-corrected chi connectivity index (χ2v) is 6.36. The van der Waals surface area contributed by atoms with Crippen LogP contribution >= 0.6 is 63.0 Å². The zero-order chi connectivity index (χ0) is 14.9. The Balaban J connectivity index is 2.34. The second kappa shape index (κ2) is 6.50. The van der Waals surface area contributed by atoms with Crippen LogP contribution in [-0.4, -0.2) is 4.99 Å². The number of benzene rings is 2. The van der Waals surface area contributed by atoms with Crippen molar-refractivity contribution < 1.29 is 0 Å². The monoisotopic (exact) mass is 408 g/mol. The molecule has 0 bridgehead atoms. The van der Waals surface area contributed by atoms with Gasteiger partial charge in [0.25, 0.3) is 0 Å². The summed E-state index contributed by atoms with van der Waals surface area (Å²) in [5.74, 6) is 0. The summed E-state index contributed by atoms with van der Waals surface area (Å²) in [4.78, 5) is 0.256. The molecule has 2 aromatic carbocycles. The van der Waals surface area contributed by atoms with E-state index in [1.165, 1.54) is 0 Å². The molecule has 0 fully saturated rings. The molecule has 0 saturated heterocycles. The third-order valence-electron chi connectivity index (χ3n) is 2.55. The molecule has 0 aliphatic heterocycles. The van der Waals surface area contributed by atoms with Gasteiger partial charge in [0.15, 0.2) is 0 Å². The first kappa shape index (κ1) is 15.9. The third-order valence-corrected chi connectivity index (χ3v) is 4.85. The fourth-order valence-electron chi connectivity index (χ4n) is 1.57. The fourth-order valence-corrected chi connectivity index (χ4v) is 2.91. The van der Waals surface area contributed by atoms with Crippen LogP contribution in [0.5, 0.6) is 0 Å². The molecule has 0 amide bonds. The van der Waals surface area contributed by atoms with Crippen molar-refractivity contribution in [2.24, 2.45) is 5.73 Å². The van der Waals surface area contributed by atoms with Crippen molar-refractivity contribution >= 4 is 79.3 Å². The van der Waals surface area contributed by atoms with Crippen molar-refractivity contribution in [3.8, 4) is 0 Å². The van der Waals surface area contributed by atoms with E-state index >= 15 is 0 Å². The maximum Gasteiger partial charge on any atom is 0.105 e. The van der Waals surface area contributed by atoms with Gasteiger partial charge in [0.2, 0.25) is 0 Å². The lowest BCUT2D eigenvalue weighted by molar-refractivity contribution is 1.52. The summed E-state index contributed by atoms with van der Waals surface area (Å²) in [6.45, 7) is 0. The third kappa shape index (κ3) is 3.38. The SMILES string of the molecule is NC(=S)c1ccc(Nc2ccc(Br)c(Cl)c2Cl)cc1Cl. The van der Waals surface area contributed by atoms with Gasteiger partial charge in [-0.15, -0.1) is 0 Å². The molecule has 0 aliphatic rings. The predicted octanol–water partition coefficient (Wildman–Crippen LogP) is 5.79. The van der Waals surface area contributed by atoms with Crippen molar-refractivity contribution in [1.29, 1.82) is 0 Å². The first-order chi connectivity index (χ1) is 9.40. The number of thiocarbonyl (C=S) groups is 1. The van der Waals surface area contributed by atoms with Gasteiger partial charge in [0.1, 0.15) is 4.99 Å². The molecule has 0 spiro atoms. The Bertz CT molecular complexity index is 692. The molecule has 2 rings (SSSR count). The first-order valence-corrected chi connectivity index (χ1v) is 7.73. The molecule has 0 aliphatic carbocycles. The van der Waals surface area contributed by atoms with E-state index in [4.69, 9.17) is 52.8 Å². The van der Waals surface area contributed by atoms with Crippen LogP contribution in [-0.2, 0) is 0 Å². The highest BCUT2D eigenvalue weighted by Crippen LogP contribution is 2.37. The molecule has 104 valence electrons. The molecular formula is C13H8BrCl3N2S. The van der Waals surface area contributed by atoms with Gasteiger partial charge in [-0.3, -0.25) is 0 Å². The lowest BCUT2D eigenvalue weighted by atomic mass is 10.2. The average Bonchev–Trinajstić information content (AvgIpc) is 2.39. The van der Waals surface area contributed by atoms with Crippen molar-refractivity contribution in [1.82, 2.24) is 0 Å². The summed E-state index contributed by atoms with van der Waals surface area (Å²) >= 11 is 26.6. The zero-order valence-electron chi connectivity index (χ0n) is 9.88. The standard InChI is InChI=1S/C13H8BrCl3N2S/c14-8-3-4-10(12(17)11(8)16)19-6-1-2-7(13(18)20)9(15)5-6/h1-5,19H,(H2,18,20). The summed E-state index contributed by atoms with van der Waals surface area (Å²) in [6.07, 6.45) is 0. The first-order valence-electron chi connectivity index (χ1n) is 5.40. The van der Waals surface area contributed by atoms with E-state index in [0.717, 1.165) is 10.2 Å². The second-order valence-electron chi connectivity index (χ2n) is 3.91. The van der Waals surface area contributed by atoms with Crippen LogP contribution in [0.2, 0.25) is 15.1 Å². The van der Waals surface area contributed by atoms with E-state index in [-0.39, 0.29) is 4.99 Å². The molecule has 2 nitrogen and oxygen atoms in total. The van der Waals surface area contributed by atoms with E-state index in [1.54, 1.807) is 12.1 Å². The maximum atomic E-state index is 6.17. The minimum atomic E-state index is 0.256. The van der Waals surface area contributed by atoms with E-state index in [9.17, 15) is 0 Å². The summed E-state index contributed by atoms with van der Waals surface area (Å²) in [5, 5.41) is 4.49. The number of hydrogen-bond acceptors (Lipinski definition) is 2. The molecule has 7 heteroatoms.